The molecule has 6 nitrogen and oxygen atoms in total. The molecular weight excluding hydrogens is 404 g/mol. The van der Waals surface area contributed by atoms with E-state index in [1.165, 1.54) is 0 Å². The maximum atomic E-state index is 6.27. The van der Waals surface area contributed by atoms with Gasteiger partial charge >= 0.3 is 0 Å². The van der Waals surface area contributed by atoms with Crippen LogP contribution in [0, 0.1) is 0 Å². The molecule has 0 aromatic heterocycles. The van der Waals surface area contributed by atoms with Gasteiger partial charge in [-0.05, 0) is 39.3 Å². The molecule has 0 bridgehead atoms. The molecule has 1 aromatic rings. The van der Waals surface area contributed by atoms with Crippen LogP contribution in [0.4, 0.5) is 0 Å². The molecule has 4 rings (SSSR count). The van der Waals surface area contributed by atoms with Crippen molar-refractivity contribution in [2.24, 2.45) is 0 Å². The van der Waals surface area contributed by atoms with Crippen LogP contribution >= 0.6 is 15.9 Å². The van der Waals surface area contributed by atoms with Gasteiger partial charge in [-0.25, -0.2) is 0 Å². The average Bonchev–Trinajstić information content (AvgIpc) is 3.16. The molecule has 3 aliphatic heterocycles. The zero-order chi connectivity index (χ0) is 18.5. The van der Waals surface area contributed by atoms with Crippen LogP contribution in [-0.2, 0) is 35.0 Å². The molecule has 0 spiro atoms. The molecule has 7 heteroatoms. The highest BCUT2D eigenvalue weighted by Gasteiger charge is 2.58. The molecular formula is C19H25BrO6. The van der Waals surface area contributed by atoms with Gasteiger partial charge in [-0.15, -0.1) is 0 Å². The fourth-order valence-electron chi connectivity index (χ4n) is 3.67. The van der Waals surface area contributed by atoms with Crippen molar-refractivity contribution in [2.45, 2.75) is 76.6 Å². The van der Waals surface area contributed by atoms with Gasteiger partial charge in [-0.3, -0.25) is 0 Å². The van der Waals surface area contributed by atoms with Gasteiger partial charge in [0.1, 0.15) is 24.4 Å². The van der Waals surface area contributed by atoms with Crippen LogP contribution < -0.4 is 0 Å². The molecule has 26 heavy (non-hydrogen) atoms. The zero-order valence-corrected chi connectivity index (χ0v) is 17.0. The minimum Gasteiger partial charge on any atom is -0.368 e. The van der Waals surface area contributed by atoms with E-state index >= 15 is 0 Å². The highest BCUT2D eigenvalue weighted by atomic mass is 79.9. The van der Waals surface area contributed by atoms with Crippen LogP contribution in [0.25, 0.3) is 0 Å². The maximum Gasteiger partial charge on any atom is 0.190 e. The zero-order valence-electron chi connectivity index (χ0n) is 15.4. The van der Waals surface area contributed by atoms with Crippen LogP contribution in [0.1, 0.15) is 33.3 Å². The molecule has 3 saturated heterocycles. The van der Waals surface area contributed by atoms with E-state index in [1.807, 2.05) is 52.0 Å². The number of halogens is 1. The third-order valence-corrected chi connectivity index (χ3v) is 5.59. The minimum atomic E-state index is -0.693. The van der Waals surface area contributed by atoms with Crippen LogP contribution in [0.2, 0.25) is 0 Å². The first-order valence-electron chi connectivity index (χ1n) is 8.92. The van der Waals surface area contributed by atoms with E-state index in [-0.39, 0.29) is 24.4 Å². The molecule has 3 aliphatic rings. The van der Waals surface area contributed by atoms with E-state index in [2.05, 4.69) is 15.9 Å². The van der Waals surface area contributed by atoms with Crippen LogP contribution in [0.15, 0.2) is 28.7 Å². The Kier molecular flexibility index (Phi) is 4.93. The van der Waals surface area contributed by atoms with Crippen molar-refractivity contribution >= 4 is 15.9 Å². The standard InChI is InChI=1S/C19H25BrO6/c1-18(2)22-10-13(24-18)14-15(16-17(23-14)26-19(3,4)25-16)21-9-11-7-5-6-8-12(11)20/h5-8,13-17H,9-10H2,1-4H3/t13?,14-,15+,16-,17-/m1/s1. The van der Waals surface area contributed by atoms with Crippen LogP contribution in [-0.4, -0.2) is 48.9 Å². The highest BCUT2D eigenvalue weighted by Crippen LogP contribution is 2.42. The fraction of sp³-hybridized carbons (Fsp3) is 0.684. The summed E-state index contributed by atoms with van der Waals surface area (Å²) < 4.78 is 37.1. The molecule has 5 atom stereocenters. The van der Waals surface area contributed by atoms with Crippen molar-refractivity contribution < 1.29 is 28.4 Å². The van der Waals surface area contributed by atoms with Crippen molar-refractivity contribution in [2.75, 3.05) is 6.61 Å². The Balaban J connectivity index is 1.51. The number of benzene rings is 1. The Hall–Kier alpha value is -0.540. The summed E-state index contributed by atoms with van der Waals surface area (Å²) in [5.41, 5.74) is 1.07. The van der Waals surface area contributed by atoms with Gasteiger partial charge < -0.3 is 28.4 Å². The van der Waals surface area contributed by atoms with Crippen molar-refractivity contribution in [1.29, 1.82) is 0 Å². The molecule has 144 valence electrons. The molecule has 3 fully saturated rings. The molecule has 0 aliphatic carbocycles. The lowest BCUT2D eigenvalue weighted by Crippen LogP contribution is -2.44. The van der Waals surface area contributed by atoms with Gasteiger partial charge in [-0.1, -0.05) is 34.1 Å². The first-order valence-corrected chi connectivity index (χ1v) is 9.71. The number of fused-ring (bicyclic) bond motifs is 1. The second-order valence-electron chi connectivity index (χ2n) is 7.80. The summed E-state index contributed by atoms with van der Waals surface area (Å²) in [6, 6.07) is 8.00. The van der Waals surface area contributed by atoms with Gasteiger partial charge in [-0.2, -0.15) is 0 Å². The van der Waals surface area contributed by atoms with E-state index in [0.29, 0.717) is 13.2 Å². The second-order valence-corrected chi connectivity index (χ2v) is 8.66. The van der Waals surface area contributed by atoms with E-state index in [4.69, 9.17) is 28.4 Å². The normalized spacial score (nSPS) is 37.8. The van der Waals surface area contributed by atoms with E-state index < -0.39 is 17.9 Å². The molecule has 1 aromatic carbocycles. The summed E-state index contributed by atoms with van der Waals surface area (Å²) in [7, 11) is 0. The van der Waals surface area contributed by atoms with Crippen molar-refractivity contribution in [3.05, 3.63) is 34.3 Å². The topological polar surface area (TPSA) is 55.4 Å². The predicted octanol–water partition coefficient (Wildman–Crippen LogP) is 3.36. The lowest BCUT2D eigenvalue weighted by Gasteiger charge is -2.29. The summed E-state index contributed by atoms with van der Waals surface area (Å²) >= 11 is 3.56. The Morgan fingerprint density at radius 1 is 1.04 bits per heavy atom. The third-order valence-electron chi connectivity index (χ3n) is 4.81. The summed E-state index contributed by atoms with van der Waals surface area (Å²) in [5, 5.41) is 0. The average molecular weight is 429 g/mol. The van der Waals surface area contributed by atoms with Crippen LogP contribution in [0.3, 0.4) is 0 Å². The number of hydrogen-bond acceptors (Lipinski definition) is 6. The minimum absolute atomic E-state index is 0.227. The van der Waals surface area contributed by atoms with Crippen molar-refractivity contribution in [1.82, 2.24) is 0 Å². The number of rotatable bonds is 4. The van der Waals surface area contributed by atoms with E-state index in [0.717, 1.165) is 10.0 Å². The summed E-state index contributed by atoms with van der Waals surface area (Å²) in [4.78, 5) is 0. The quantitative estimate of drug-likeness (QED) is 0.732. The van der Waals surface area contributed by atoms with Crippen molar-refractivity contribution in [3.8, 4) is 0 Å². The highest BCUT2D eigenvalue weighted by molar-refractivity contribution is 9.10. The van der Waals surface area contributed by atoms with Gasteiger partial charge in [0.2, 0.25) is 0 Å². The molecule has 0 radical (unpaired) electrons. The molecule has 0 N–H and O–H groups in total. The second kappa shape index (κ2) is 6.81. The lowest BCUT2D eigenvalue weighted by molar-refractivity contribution is -0.236. The first kappa shape index (κ1) is 18.8. The molecule has 0 amide bonds. The summed E-state index contributed by atoms with van der Waals surface area (Å²) in [5.74, 6) is -1.32. The SMILES string of the molecule is CC1(C)OCC([C@H]2O[C@@H]3OC(C)(C)O[C@@H]3[C@H]2OCc2ccccc2Br)O1. The maximum absolute atomic E-state index is 6.27. The van der Waals surface area contributed by atoms with Gasteiger partial charge in [0, 0.05) is 4.47 Å². The van der Waals surface area contributed by atoms with E-state index in [1.54, 1.807) is 0 Å². The molecule has 3 heterocycles. The fourth-order valence-corrected chi connectivity index (χ4v) is 4.07. The summed E-state index contributed by atoms with van der Waals surface area (Å²) in [6.07, 6.45) is -1.62. The summed E-state index contributed by atoms with van der Waals surface area (Å²) in [6.45, 7) is 8.45. The Morgan fingerprint density at radius 3 is 2.50 bits per heavy atom. The lowest BCUT2D eigenvalue weighted by atomic mass is 10.1. The largest absolute Gasteiger partial charge is 0.368 e. The van der Waals surface area contributed by atoms with Gasteiger partial charge in [0.15, 0.2) is 17.9 Å². The van der Waals surface area contributed by atoms with Gasteiger partial charge in [0.05, 0.1) is 13.2 Å². The predicted molar refractivity (Wildman–Crippen MR) is 96.3 cm³/mol. The molecule has 1 unspecified atom stereocenters. The Morgan fingerprint density at radius 2 is 1.81 bits per heavy atom. The smallest absolute Gasteiger partial charge is 0.190 e. The Labute approximate surface area is 162 Å². The monoisotopic (exact) mass is 428 g/mol. The Bertz CT molecular complexity index is 663. The van der Waals surface area contributed by atoms with E-state index in [9.17, 15) is 0 Å². The van der Waals surface area contributed by atoms with Gasteiger partial charge in [0.25, 0.3) is 0 Å². The van der Waals surface area contributed by atoms with Crippen molar-refractivity contribution in [3.63, 3.8) is 0 Å². The number of ether oxygens (including phenoxy) is 6. The third kappa shape index (κ3) is 3.71. The van der Waals surface area contributed by atoms with Crippen LogP contribution in [0.5, 0.6) is 0 Å². The first-order chi connectivity index (χ1) is 12.2. The molecule has 0 saturated carbocycles. The number of hydrogen-bond donors (Lipinski definition) is 0.